The standard InChI is InChI=1S/C16H20N4O3/c1-2-4-11-5-3-6-12(15(11)22)10-19-20-14(21)9-13-16(23)18-8-7-17-13/h2-3,5-6,10,13,17,22H,1,4,7-9H2,(H,18,23)(H,20,21)/b19-10+. The van der Waals surface area contributed by atoms with E-state index in [-0.39, 0.29) is 24.0 Å². The maximum absolute atomic E-state index is 11.8. The van der Waals surface area contributed by atoms with E-state index in [1.54, 1.807) is 24.3 Å². The molecule has 0 spiro atoms. The number of hydrogen-bond acceptors (Lipinski definition) is 5. The van der Waals surface area contributed by atoms with E-state index < -0.39 is 6.04 Å². The molecule has 1 heterocycles. The summed E-state index contributed by atoms with van der Waals surface area (Å²) in [7, 11) is 0. The lowest BCUT2D eigenvalue weighted by Gasteiger charge is -2.22. The molecule has 1 aliphatic rings. The van der Waals surface area contributed by atoms with Crippen LogP contribution in [0.1, 0.15) is 17.5 Å². The van der Waals surface area contributed by atoms with Gasteiger partial charge in [0.25, 0.3) is 0 Å². The van der Waals surface area contributed by atoms with Crippen molar-refractivity contribution in [1.29, 1.82) is 0 Å². The second-order valence-corrected chi connectivity index (χ2v) is 5.14. The molecule has 0 aromatic heterocycles. The number of amides is 2. The highest BCUT2D eigenvalue weighted by Crippen LogP contribution is 2.21. The Labute approximate surface area is 134 Å². The van der Waals surface area contributed by atoms with E-state index in [9.17, 15) is 14.7 Å². The van der Waals surface area contributed by atoms with Gasteiger partial charge in [-0.15, -0.1) is 6.58 Å². The highest BCUT2D eigenvalue weighted by atomic mass is 16.3. The fraction of sp³-hybridized carbons (Fsp3) is 0.312. The Hall–Kier alpha value is -2.67. The third-order valence-corrected chi connectivity index (χ3v) is 3.43. The van der Waals surface area contributed by atoms with Crippen molar-refractivity contribution in [2.24, 2.45) is 5.10 Å². The zero-order valence-corrected chi connectivity index (χ0v) is 12.7. The summed E-state index contributed by atoms with van der Waals surface area (Å²) in [5.41, 5.74) is 3.59. The van der Waals surface area contributed by atoms with Crippen molar-refractivity contribution in [3.8, 4) is 5.75 Å². The van der Waals surface area contributed by atoms with E-state index in [1.807, 2.05) is 0 Å². The lowest BCUT2D eigenvalue weighted by atomic mass is 10.1. The summed E-state index contributed by atoms with van der Waals surface area (Å²) >= 11 is 0. The minimum atomic E-state index is -0.539. The van der Waals surface area contributed by atoms with Gasteiger partial charge in [0.1, 0.15) is 5.75 Å². The van der Waals surface area contributed by atoms with Gasteiger partial charge < -0.3 is 15.7 Å². The van der Waals surface area contributed by atoms with Crippen LogP contribution in [0.5, 0.6) is 5.75 Å². The Morgan fingerprint density at radius 3 is 3.04 bits per heavy atom. The first-order valence-electron chi connectivity index (χ1n) is 7.36. The Morgan fingerprint density at radius 2 is 2.30 bits per heavy atom. The number of piperazine rings is 1. The Kier molecular flexibility index (Phi) is 5.87. The summed E-state index contributed by atoms with van der Waals surface area (Å²) in [5.74, 6) is -0.457. The molecule has 2 rings (SSSR count). The van der Waals surface area contributed by atoms with Crippen molar-refractivity contribution in [2.75, 3.05) is 13.1 Å². The molecule has 4 N–H and O–H groups in total. The van der Waals surface area contributed by atoms with Crippen molar-refractivity contribution >= 4 is 18.0 Å². The summed E-state index contributed by atoms with van der Waals surface area (Å²) in [4.78, 5) is 23.3. The average molecular weight is 316 g/mol. The van der Waals surface area contributed by atoms with Gasteiger partial charge in [-0.1, -0.05) is 18.2 Å². The maximum atomic E-state index is 11.8. The molecule has 1 unspecified atom stereocenters. The number of phenols is 1. The van der Waals surface area contributed by atoms with Gasteiger partial charge in [0.15, 0.2) is 0 Å². The summed E-state index contributed by atoms with van der Waals surface area (Å²) in [6.07, 6.45) is 3.61. The maximum Gasteiger partial charge on any atom is 0.242 e. The summed E-state index contributed by atoms with van der Waals surface area (Å²) < 4.78 is 0. The quantitative estimate of drug-likeness (QED) is 0.338. The van der Waals surface area contributed by atoms with E-state index in [1.165, 1.54) is 6.21 Å². The molecular weight excluding hydrogens is 296 g/mol. The number of para-hydroxylation sites is 1. The van der Waals surface area contributed by atoms with E-state index in [0.29, 0.717) is 25.1 Å². The first-order valence-corrected chi connectivity index (χ1v) is 7.36. The number of benzene rings is 1. The second kappa shape index (κ2) is 8.09. The number of nitrogens with zero attached hydrogens (tertiary/aromatic N) is 1. The van der Waals surface area contributed by atoms with Crippen LogP contribution in [0.4, 0.5) is 0 Å². The molecule has 1 aliphatic heterocycles. The number of hydrogen-bond donors (Lipinski definition) is 4. The first-order chi connectivity index (χ1) is 11.1. The van der Waals surface area contributed by atoms with Gasteiger partial charge in [0.2, 0.25) is 11.8 Å². The van der Waals surface area contributed by atoms with Crippen LogP contribution >= 0.6 is 0 Å². The molecule has 23 heavy (non-hydrogen) atoms. The molecule has 122 valence electrons. The number of aromatic hydroxyl groups is 1. The van der Waals surface area contributed by atoms with Crippen molar-refractivity contribution in [3.05, 3.63) is 42.0 Å². The summed E-state index contributed by atoms with van der Waals surface area (Å²) in [6, 6.07) is 4.73. The molecule has 0 aliphatic carbocycles. The fourth-order valence-corrected chi connectivity index (χ4v) is 2.25. The van der Waals surface area contributed by atoms with Crippen LogP contribution < -0.4 is 16.1 Å². The first kappa shape index (κ1) is 16.7. The third-order valence-electron chi connectivity index (χ3n) is 3.43. The van der Waals surface area contributed by atoms with E-state index in [0.717, 1.165) is 5.56 Å². The number of rotatable bonds is 6. The van der Waals surface area contributed by atoms with Gasteiger partial charge in [-0.2, -0.15) is 5.10 Å². The van der Waals surface area contributed by atoms with Crippen LogP contribution in [0.3, 0.4) is 0 Å². The van der Waals surface area contributed by atoms with Crippen LogP contribution in [0.2, 0.25) is 0 Å². The molecule has 0 bridgehead atoms. The van der Waals surface area contributed by atoms with Crippen LogP contribution in [0.15, 0.2) is 36.0 Å². The fourth-order valence-electron chi connectivity index (χ4n) is 2.25. The molecule has 1 fully saturated rings. The van der Waals surface area contributed by atoms with Crippen LogP contribution in [0.25, 0.3) is 0 Å². The molecule has 1 atom stereocenters. The molecule has 1 saturated heterocycles. The molecule has 0 radical (unpaired) electrons. The van der Waals surface area contributed by atoms with Crippen LogP contribution in [-0.4, -0.2) is 42.3 Å². The monoisotopic (exact) mass is 316 g/mol. The summed E-state index contributed by atoms with van der Waals surface area (Å²) in [6.45, 7) is 4.83. The van der Waals surface area contributed by atoms with Crippen LogP contribution in [0, 0.1) is 0 Å². The van der Waals surface area contributed by atoms with E-state index >= 15 is 0 Å². The minimum Gasteiger partial charge on any atom is -0.507 e. The van der Waals surface area contributed by atoms with Gasteiger partial charge in [0, 0.05) is 18.7 Å². The number of allylic oxidation sites excluding steroid dienone is 1. The largest absolute Gasteiger partial charge is 0.507 e. The Balaban J connectivity index is 1.91. The zero-order chi connectivity index (χ0) is 16.7. The molecule has 2 amide bonds. The topological polar surface area (TPSA) is 103 Å². The van der Waals surface area contributed by atoms with Gasteiger partial charge in [-0.05, 0) is 18.1 Å². The molecule has 7 nitrogen and oxygen atoms in total. The molecular formula is C16H20N4O3. The number of carbonyl (C=O) groups is 2. The predicted molar refractivity (Wildman–Crippen MR) is 87.2 cm³/mol. The number of hydrazone groups is 1. The predicted octanol–water partition coefficient (Wildman–Crippen LogP) is 0.0489. The Bertz CT molecular complexity index is 628. The lowest BCUT2D eigenvalue weighted by molar-refractivity contribution is -0.129. The van der Waals surface area contributed by atoms with Crippen molar-refractivity contribution < 1.29 is 14.7 Å². The minimum absolute atomic E-state index is 0.00561. The number of nitrogens with one attached hydrogen (secondary N) is 3. The third kappa shape index (κ3) is 4.65. The van der Waals surface area contributed by atoms with Crippen molar-refractivity contribution in [1.82, 2.24) is 16.1 Å². The van der Waals surface area contributed by atoms with Gasteiger partial charge >= 0.3 is 0 Å². The Morgan fingerprint density at radius 1 is 1.48 bits per heavy atom. The smallest absolute Gasteiger partial charge is 0.242 e. The van der Waals surface area contributed by atoms with E-state index in [4.69, 9.17) is 0 Å². The molecule has 0 saturated carbocycles. The molecule has 1 aromatic carbocycles. The van der Waals surface area contributed by atoms with Crippen molar-refractivity contribution in [3.63, 3.8) is 0 Å². The highest BCUT2D eigenvalue weighted by molar-refractivity contribution is 5.90. The van der Waals surface area contributed by atoms with Gasteiger partial charge in [0.05, 0.1) is 18.7 Å². The second-order valence-electron chi connectivity index (χ2n) is 5.14. The lowest BCUT2D eigenvalue weighted by Crippen LogP contribution is -2.54. The van der Waals surface area contributed by atoms with Gasteiger partial charge in [-0.3, -0.25) is 9.59 Å². The van der Waals surface area contributed by atoms with E-state index in [2.05, 4.69) is 27.7 Å². The highest BCUT2D eigenvalue weighted by Gasteiger charge is 2.23. The summed E-state index contributed by atoms with van der Waals surface area (Å²) in [5, 5.41) is 19.5. The normalized spacial score (nSPS) is 17.7. The van der Waals surface area contributed by atoms with Gasteiger partial charge in [-0.25, -0.2) is 5.43 Å². The van der Waals surface area contributed by atoms with Crippen molar-refractivity contribution in [2.45, 2.75) is 18.9 Å². The average Bonchev–Trinajstić information content (AvgIpc) is 2.53. The van der Waals surface area contributed by atoms with Crippen LogP contribution in [-0.2, 0) is 16.0 Å². The number of phenolic OH excluding ortho intramolecular Hbond substituents is 1. The number of carbonyl (C=O) groups excluding carboxylic acids is 2. The SMILES string of the molecule is C=CCc1cccc(/C=N/NC(=O)CC2NCCNC2=O)c1O. The molecule has 1 aromatic rings. The zero-order valence-electron chi connectivity index (χ0n) is 12.7. The molecule has 7 heteroatoms.